The van der Waals surface area contributed by atoms with Crippen molar-refractivity contribution < 1.29 is 52.3 Å². The number of rotatable bonds is 16. The van der Waals surface area contributed by atoms with E-state index in [1.165, 1.54) is 25.3 Å². The van der Waals surface area contributed by atoms with Crippen molar-refractivity contribution in [3.63, 3.8) is 0 Å². The van der Waals surface area contributed by atoms with Crippen LogP contribution in [0, 0.1) is 0 Å². The lowest BCUT2D eigenvalue weighted by Crippen LogP contribution is -2.51. The molecule has 0 saturated carbocycles. The van der Waals surface area contributed by atoms with Gasteiger partial charge in [0, 0.05) is 12.8 Å². The zero-order valence-electron chi connectivity index (χ0n) is 26.2. The molecule has 0 heterocycles. The third-order valence-electron chi connectivity index (χ3n) is 6.66. The Hall–Kier alpha value is -3.54. The molecule has 1 aromatic carbocycles. The molecular formula is C30H47NO11. The molecule has 2 N–H and O–H groups in total. The molecule has 12 heteroatoms. The van der Waals surface area contributed by atoms with E-state index in [2.05, 4.69) is 0 Å². The van der Waals surface area contributed by atoms with E-state index in [4.69, 9.17) is 38.9 Å². The van der Waals surface area contributed by atoms with Crippen molar-refractivity contribution in [2.75, 3.05) is 20.3 Å². The number of benzene rings is 1. The van der Waals surface area contributed by atoms with Gasteiger partial charge in [0.05, 0.1) is 20.3 Å². The second-order valence-electron chi connectivity index (χ2n) is 11.1. The van der Waals surface area contributed by atoms with Gasteiger partial charge in [-0.3, -0.25) is 4.79 Å². The normalized spacial score (nSPS) is 12.9. The van der Waals surface area contributed by atoms with Crippen molar-refractivity contribution in [1.82, 2.24) is 0 Å². The number of esters is 1. The number of carbonyl (C=O) groups excluding carboxylic acids is 4. The van der Waals surface area contributed by atoms with Gasteiger partial charge in [0.15, 0.2) is 11.5 Å². The van der Waals surface area contributed by atoms with Crippen molar-refractivity contribution in [2.45, 2.75) is 110 Å². The third kappa shape index (κ3) is 13.0. The Kier molecular flexibility index (Phi) is 14.6. The molecule has 1 rings (SSSR count). The van der Waals surface area contributed by atoms with Crippen molar-refractivity contribution in [3.05, 3.63) is 23.8 Å². The summed E-state index contributed by atoms with van der Waals surface area (Å²) < 4.78 is 36.5. The molecule has 0 aliphatic rings. The summed E-state index contributed by atoms with van der Waals surface area (Å²) in [6.07, 6.45) is 0.597. The largest absolute Gasteiger partial charge is 0.514 e. The highest BCUT2D eigenvalue weighted by Crippen LogP contribution is 2.32. The Morgan fingerprint density at radius 1 is 0.762 bits per heavy atom. The first-order valence-electron chi connectivity index (χ1n) is 14.2. The topological polar surface area (TPSA) is 159 Å². The second kappa shape index (κ2) is 16.8. The van der Waals surface area contributed by atoms with Crippen LogP contribution in [-0.2, 0) is 34.9 Å². The molecule has 0 unspecified atom stereocenters. The molecule has 1 aromatic rings. The predicted molar refractivity (Wildman–Crippen MR) is 153 cm³/mol. The summed E-state index contributed by atoms with van der Waals surface area (Å²) in [6, 6.07) is 4.31. The SMILES string of the molecule is CCCCCOC(=O)OCC[C@@](N)(Cc1ccc(OC(=O)OC(C)(C)CC)c(OC(=O)OC(C)(C)CC)c1)C(=O)OC. The van der Waals surface area contributed by atoms with Gasteiger partial charge < -0.3 is 38.9 Å². The molecule has 0 fully saturated rings. The zero-order valence-corrected chi connectivity index (χ0v) is 26.2. The van der Waals surface area contributed by atoms with E-state index >= 15 is 0 Å². The number of ether oxygens (including phenoxy) is 7. The molecule has 0 spiro atoms. The maximum Gasteiger partial charge on any atom is 0.514 e. The first-order chi connectivity index (χ1) is 19.6. The van der Waals surface area contributed by atoms with E-state index in [1.54, 1.807) is 27.7 Å². The van der Waals surface area contributed by atoms with Gasteiger partial charge in [-0.15, -0.1) is 0 Å². The molecule has 0 aliphatic carbocycles. The highest BCUT2D eigenvalue weighted by atomic mass is 16.8. The fraction of sp³-hybridized carbons (Fsp3) is 0.667. The van der Waals surface area contributed by atoms with E-state index in [9.17, 15) is 19.2 Å². The van der Waals surface area contributed by atoms with Crippen LogP contribution in [0.2, 0.25) is 0 Å². The number of hydrogen-bond donors (Lipinski definition) is 1. The quantitative estimate of drug-likeness (QED) is 0.0990. The van der Waals surface area contributed by atoms with Gasteiger partial charge in [-0.1, -0.05) is 39.7 Å². The smallest absolute Gasteiger partial charge is 0.468 e. The summed E-state index contributed by atoms with van der Waals surface area (Å²) in [6.45, 7) is 12.6. The Morgan fingerprint density at radius 3 is 1.83 bits per heavy atom. The molecule has 42 heavy (non-hydrogen) atoms. The predicted octanol–water partition coefficient (Wildman–Crippen LogP) is 6.24. The average Bonchev–Trinajstić information content (AvgIpc) is 2.91. The van der Waals surface area contributed by atoms with E-state index < -0.39 is 41.2 Å². The van der Waals surface area contributed by atoms with Gasteiger partial charge in [-0.2, -0.15) is 0 Å². The van der Waals surface area contributed by atoms with Crippen molar-refractivity contribution in [3.8, 4) is 11.5 Å². The van der Waals surface area contributed by atoms with Gasteiger partial charge in [-0.25, -0.2) is 14.4 Å². The van der Waals surface area contributed by atoms with Crippen LogP contribution >= 0.6 is 0 Å². The highest BCUT2D eigenvalue weighted by Gasteiger charge is 2.36. The number of carbonyl (C=O) groups is 4. The van der Waals surface area contributed by atoms with Crippen molar-refractivity contribution >= 4 is 24.4 Å². The lowest BCUT2D eigenvalue weighted by atomic mass is 9.88. The summed E-state index contributed by atoms with van der Waals surface area (Å²) in [5, 5.41) is 0. The highest BCUT2D eigenvalue weighted by molar-refractivity contribution is 5.81. The van der Waals surface area contributed by atoms with Gasteiger partial charge in [0.25, 0.3) is 0 Å². The van der Waals surface area contributed by atoms with Crippen LogP contribution in [0.25, 0.3) is 0 Å². The van der Waals surface area contributed by atoms with Gasteiger partial charge in [-0.05, 0) is 64.7 Å². The van der Waals surface area contributed by atoms with Crippen LogP contribution in [0.3, 0.4) is 0 Å². The van der Waals surface area contributed by atoms with Crippen LogP contribution in [0.5, 0.6) is 11.5 Å². The molecule has 0 aromatic heterocycles. The fourth-order valence-corrected chi connectivity index (χ4v) is 3.34. The number of hydrogen-bond acceptors (Lipinski definition) is 12. The minimum absolute atomic E-state index is 0.0939. The van der Waals surface area contributed by atoms with Crippen LogP contribution in [0.15, 0.2) is 18.2 Å². The van der Waals surface area contributed by atoms with Crippen LogP contribution < -0.4 is 15.2 Å². The molecule has 1 atom stereocenters. The monoisotopic (exact) mass is 597 g/mol. The van der Waals surface area contributed by atoms with Gasteiger partial charge in [0.2, 0.25) is 0 Å². The molecule has 0 bridgehead atoms. The van der Waals surface area contributed by atoms with E-state index in [-0.39, 0.29) is 37.6 Å². The Morgan fingerprint density at radius 2 is 1.31 bits per heavy atom. The molecule has 0 radical (unpaired) electrons. The van der Waals surface area contributed by atoms with E-state index in [0.717, 1.165) is 19.3 Å². The third-order valence-corrected chi connectivity index (χ3v) is 6.66. The summed E-state index contributed by atoms with van der Waals surface area (Å²) in [5.41, 5.74) is 3.63. The standard InChI is InChI=1S/C30H47NO11/c1-9-12-13-17-37-25(33)38-18-16-30(31,24(32)36-8)20-21-14-15-22(39-26(34)41-28(4,5)10-2)23(19-21)40-27(35)42-29(6,7)11-3/h14-15,19H,9-13,16-18,20,31H2,1-8H3/t30-/m1/s1. The number of nitrogens with two attached hydrogens (primary N) is 1. The fourth-order valence-electron chi connectivity index (χ4n) is 3.34. The Bertz CT molecular complexity index is 1050. The number of unbranched alkanes of at least 4 members (excludes halogenated alkanes) is 2. The van der Waals surface area contributed by atoms with Crippen molar-refractivity contribution in [1.29, 1.82) is 0 Å². The van der Waals surface area contributed by atoms with Gasteiger partial charge in [0.1, 0.15) is 16.7 Å². The molecule has 0 amide bonds. The molecule has 12 nitrogen and oxygen atoms in total. The summed E-state index contributed by atoms with van der Waals surface area (Å²) in [5.74, 6) is -1.02. The maximum atomic E-state index is 12.7. The van der Waals surface area contributed by atoms with Crippen LogP contribution in [-0.4, -0.2) is 61.5 Å². The first kappa shape index (κ1) is 36.5. The Labute approximate surface area is 248 Å². The molecule has 0 saturated heterocycles. The molecule has 0 aliphatic heterocycles. The Balaban J connectivity index is 3.17. The van der Waals surface area contributed by atoms with Crippen LogP contribution in [0.1, 0.15) is 92.6 Å². The summed E-state index contributed by atoms with van der Waals surface area (Å²) in [4.78, 5) is 49.6. The van der Waals surface area contributed by atoms with E-state index in [1.807, 2.05) is 20.8 Å². The minimum Gasteiger partial charge on any atom is -0.468 e. The lowest BCUT2D eigenvalue weighted by Gasteiger charge is -2.27. The zero-order chi connectivity index (χ0) is 32.0. The number of methoxy groups -OCH3 is 1. The summed E-state index contributed by atoms with van der Waals surface area (Å²) in [7, 11) is 1.19. The molecular weight excluding hydrogens is 550 g/mol. The first-order valence-corrected chi connectivity index (χ1v) is 14.2. The lowest BCUT2D eigenvalue weighted by molar-refractivity contribution is -0.147. The molecule has 238 valence electrons. The second-order valence-corrected chi connectivity index (χ2v) is 11.1. The summed E-state index contributed by atoms with van der Waals surface area (Å²) >= 11 is 0. The van der Waals surface area contributed by atoms with E-state index in [0.29, 0.717) is 18.4 Å². The van der Waals surface area contributed by atoms with Gasteiger partial charge >= 0.3 is 24.4 Å². The maximum absolute atomic E-state index is 12.7. The van der Waals surface area contributed by atoms with Crippen LogP contribution in [0.4, 0.5) is 14.4 Å². The minimum atomic E-state index is -1.62. The van der Waals surface area contributed by atoms with Crippen molar-refractivity contribution in [2.24, 2.45) is 5.73 Å². The average molecular weight is 598 g/mol.